The highest BCUT2D eigenvalue weighted by Gasteiger charge is 2.13. The predicted molar refractivity (Wildman–Crippen MR) is 79.6 cm³/mol. The molecule has 0 spiro atoms. The zero-order valence-electron chi connectivity index (χ0n) is 11.5. The van der Waals surface area contributed by atoms with E-state index in [1.54, 1.807) is 12.1 Å². The van der Waals surface area contributed by atoms with Gasteiger partial charge in [-0.3, -0.25) is 4.79 Å². The van der Waals surface area contributed by atoms with Crippen molar-refractivity contribution < 1.29 is 0 Å². The van der Waals surface area contributed by atoms with E-state index in [0.717, 1.165) is 23.1 Å². The molecule has 3 aromatic rings. The van der Waals surface area contributed by atoms with E-state index in [-0.39, 0.29) is 5.43 Å². The van der Waals surface area contributed by atoms with Gasteiger partial charge in [-0.2, -0.15) is 0 Å². The molecule has 0 unspecified atom stereocenters. The number of hydrogen-bond donors (Lipinski definition) is 1. The van der Waals surface area contributed by atoms with Gasteiger partial charge in [0.25, 0.3) is 0 Å². The number of benzene rings is 1. The molecule has 1 N–H and O–H groups in total. The van der Waals surface area contributed by atoms with E-state index in [1.807, 2.05) is 12.3 Å². The molecular weight excluding hydrogens is 236 g/mol. The fraction of sp³-hybridized carbons (Fsp3) is 0.312. The van der Waals surface area contributed by atoms with E-state index in [0.29, 0.717) is 5.92 Å². The van der Waals surface area contributed by atoms with Gasteiger partial charge >= 0.3 is 0 Å². The Morgan fingerprint density at radius 1 is 1.21 bits per heavy atom. The van der Waals surface area contributed by atoms with Crippen LogP contribution < -0.4 is 5.43 Å². The quantitative estimate of drug-likeness (QED) is 0.747. The summed E-state index contributed by atoms with van der Waals surface area (Å²) in [6, 6.07) is 7.42. The van der Waals surface area contributed by atoms with Crippen molar-refractivity contribution in [2.24, 2.45) is 5.92 Å². The van der Waals surface area contributed by atoms with Gasteiger partial charge in [0.15, 0.2) is 5.43 Å². The van der Waals surface area contributed by atoms with Crippen LogP contribution >= 0.6 is 0 Å². The van der Waals surface area contributed by atoms with E-state index in [1.165, 1.54) is 10.9 Å². The molecule has 0 radical (unpaired) electrons. The molecule has 0 saturated heterocycles. The molecule has 2 aromatic heterocycles. The summed E-state index contributed by atoms with van der Waals surface area (Å²) in [5.74, 6) is 0.536. The smallest absolute Gasteiger partial charge is 0.180 e. The molecule has 0 aliphatic heterocycles. The fourth-order valence-corrected chi connectivity index (χ4v) is 2.80. The monoisotopic (exact) mass is 254 g/mol. The molecule has 98 valence electrons. The van der Waals surface area contributed by atoms with Crippen LogP contribution in [0.4, 0.5) is 0 Å². The van der Waals surface area contributed by atoms with Crippen molar-refractivity contribution in [3.63, 3.8) is 0 Å². The molecule has 0 saturated carbocycles. The first-order valence-corrected chi connectivity index (χ1v) is 6.68. The zero-order chi connectivity index (χ0) is 13.6. The Labute approximate surface area is 111 Å². The largest absolute Gasteiger partial charge is 0.364 e. The Kier molecular flexibility index (Phi) is 2.70. The summed E-state index contributed by atoms with van der Waals surface area (Å²) in [5, 5.41) is 2.37. The second-order valence-corrected chi connectivity index (χ2v) is 5.55. The van der Waals surface area contributed by atoms with Gasteiger partial charge in [0.05, 0.1) is 11.0 Å². The third kappa shape index (κ3) is 1.86. The van der Waals surface area contributed by atoms with Gasteiger partial charge in [0.1, 0.15) is 0 Å². The lowest BCUT2D eigenvalue weighted by Gasteiger charge is -2.11. The molecule has 0 aliphatic carbocycles. The maximum absolute atomic E-state index is 11.7. The van der Waals surface area contributed by atoms with E-state index >= 15 is 0 Å². The maximum Gasteiger partial charge on any atom is 0.180 e. The lowest BCUT2D eigenvalue weighted by Crippen LogP contribution is -2.06. The van der Waals surface area contributed by atoms with Crippen molar-refractivity contribution >= 4 is 21.8 Å². The Balaban J connectivity index is 2.51. The number of nitrogens with zero attached hydrogens (tertiary/aromatic N) is 1. The lowest BCUT2D eigenvalue weighted by atomic mass is 10.2. The molecule has 0 fully saturated rings. The van der Waals surface area contributed by atoms with Gasteiger partial charge in [-0.1, -0.05) is 13.8 Å². The molecule has 3 heteroatoms. The topological polar surface area (TPSA) is 37.8 Å². The zero-order valence-corrected chi connectivity index (χ0v) is 11.5. The number of fused-ring (bicyclic) bond motifs is 3. The first kappa shape index (κ1) is 12.0. The summed E-state index contributed by atoms with van der Waals surface area (Å²) >= 11 is 0. The Morgan fingerprint density at radius 3 is 2.74 bits per heavy atom. The minimum atomic E-state index is 0.0712. The number of rotatable bonds is 2. The van der Waals surface area contributed by atoms with Crippen LogP contribution in [-0.2, 0) is 6.54 Å². The van der Waals surface area contributed by atoms with Crippen molar-refractivity contribution in [2.45, 2.75) is 27.3 Å². The lowest BCUT2D eigenvalue weighted by molar-refractivity contribution is 0.544. The molecule has 0 amide bonds. The second kappa shape index (κ2) is 4.26. The van der Waals surface area contributed by atoms with Crippen LogP contribution in [-0.4, -0.2) is 9.55 Å². The minimum absolute atomic E-state index is 0.0712. The number of pyridine rings is 1. The molecule has 3 nitrogen and oxygen atoms in total. The molecule has 1 aromatic carbocycles. The van der Waals surface area contributed by atoms with Crippen LogP contribution in [0, 0.1) is 12.8 Å². The van der Waals surface area contributed by atoms with Crippen LogP contribution in [0.15, 0.2) is 35.3 Å². The van der Waals surface area contributed by atoms with Gasteiger partial charge in [0.2, 0.25) is 0 Å². The summed E-state index contributed by atoms with van der Waals surface area (Å²) in [6.45, 7) is 7.39. The van der Waals surface area contributed by atoms with E-state index in [2.05, 4.69) is 36.4 Å². The summed E-state index contributed by atoms with van der Waals surface area (Å²) in [4.78, 5) is 14.9. The first-order chi connectivity index (χ1) is 9.08. The van der Waals surface area contributed by atoms with E-state index in [9.17, 15) is 4.79 Å². The molecule has 0 bridgehead atoms. The van der Waals surface area contributed by atoms with Crippen LogP contribution in [0.25, 0.3) is 21.8 Å². The molecule has 0 atom stereocenters. The standard InChI is InChI=1S/C16H18N2O/c1-10(2)9-18-15-8-12(19)4-5-13(15)14-6-7-17-11(3)16(14)18/h4-8,10,17H,9H2,1-3H3. The van der Waals surface area contributed by atoms with Crippen LogP contribution in [0.2, 0.25) is 0 Å². The van der Waals surface area contributed by atoms with Gasteiger partial charge in [-0.05, 0) is 31.0 Å². The Morgan fingerprint density at radius 2 is 2.00 bits per heavy atom. The number of aromatic nitrogens is 2. The van der Waals surface area contributed by atoms with Gasteiger partial charge in [-0.25, -0.2) is 0 Å². The number of aromatic amines is 1. The summed E-state index contributed by atoms with van der Waals surface area (Å²) in [5.41, 5.74) is 3.46. The predicted octanol–water partition coefficient (Wildman–Crippen LogP) is 3.45. The highest BCUT2D eigenvalue weighted by molar-refractivity contribution is 6.08. The van der Waals surface area contributed by atoms with Crippen molar-refractivity contribution in [3.05, 3.63) is 46.4 Å². The van der Waals surface area contributed by atoms with Gasteiger partial charge in [0, 0.05) is 35.3 Å². The Bertz CT molecular complexity index is 809. The number of nitrogens with one attached hydrogen (secondary N) is 1. The highest BCUT2D eigenvalue weighted by Crippen LogP contribution is 2.29. The third-order valence-corrected chi connectivity index (χ3v) is 3.53. The van der Waals surface area contributed by atoms with Crippen molar-refractivity contribution in [3.8, 4) is 0 Å². The summed E-state index contributed by atoms with van der Waals surface area (Å²) < 4.78 is 2.27. The molecule has 2 heterocycles. The van der Waals surface area contributed by atoms with Gasteiger partial charge in [-0.15, -0.1) is 0 Å². The summed E-state index contributed by atoms with van der Waals surface area (Å²) in [6.07, 6.45) is 1.96. The molecule has 3 rings (SSSR count). The van der Waals surface area contributed by atoms with Crippen molar-refractivity contribution in [1.82, 2.24) is 9.55 Å². The number of H-pyrrole nitrogens is 1. The second-order valence-electron chi connectivity index (χ2n) is 5.55. The minimum Gasteiger partial charge on any atom is -0.364 e. The molecular formula is C16H18N2O. The fourth-order valence-electron chi connectivity index (χ4n) is 2.80. The average molecular weight is 254 g/mol. The van der Waals surface area contributed by atoms with Crippen LogP contribution in [0.5, 0.6) is 0 Å². The maximum atomic E-state index is 11.7. The SMILES string of the molecule is Cc1[nH]ccc2c3ccc(=O)cc3n(CC(C)C)c12. The average Bonchev–Trinajstić information content (AvgIpc) is 2.64. The normalized spacial score (nSPS) is 11.8. The van der Waals surface area contributed by atoms with Crippen molar-refractivity contribution in [1.29, 1.82) is 0 Å². The number of aryl methyl sites for hydroxylation is 1. The van der Waals surface area contributed by atoms with Crippen LogP contribution in [0.3, 0.4) is 0 Å². The molecule has 0 aliphatic rings. The van der Waals surface area contributed by atoms with Crippen molar-refractivity contribution in [2.75, 3.05) is 0 Å². The van der Waals surface area contributed by atoms with E-state index < -0.39 is 0 Å². The van der Waals surface area contributed by atoms with E-state index in [4.69, 9.17) is 0 Å². The van der Waals surface area contributed by atoms with Crippen LogP contribution in [0.1, 0.15) is 19.5 Å². The Hall–Kier alpha value is -2.03. The first-order valence-electron chi connectivity index (χ1n) is 6.68. The molecule has 19 heavy (non-hydrogen) atoms. The number of hydrogen-bond acceptors (Lipinski definition) is 1. The highest BCUT2D eigenvalue weighted by atomic mass is 16.1. The summed E-state index contributed by atoms with van der Waals surface area (Å²) in [7, 11) is 0. The third-order valence-electron chi connectivity index (χ3n) is 3.53. The van der Waals surface area contributed by atoms with Gasteiger partial charge < -0.3 is 9.55 Å².